The van der Waals surface area contributed by atoms with Gasteiger partial charge in [0.1, 0.15) is 0 Å². The van der Waals surface area contributed by atoms with Gasteiger partial charge in [-0.2, -0.15) is 0 Å². The number of rotatable bonds is 5. The van der Waals surface area contributed by atoms with E-state index in [0.29, 0.717) is 28.7 Å². The zero-order valence-corrected chi connectivity index (χ0v) is 15.6. The Morgan fingerprint density at radius 3 is 2.92 bits per heavy atom. The van der Waals surface area contributed by atoms with E-state index in [2.05, 4.69) is 22.4 Å². The molecule has 3 N–H and O–H groups in total. The largest absolute Gasteiger partial charge is 0.352 e. The standard InChI is InChI=1S/C18H25N5OS/c1-12-6-5-8-14(10-12)17-21-22-18(23(17)19)25-11-16(24)20-15-9-4-3-7-13(15)2/h5-6,8,10,13,15H,3-4,7,9,11,19H2,1-2H3,(H,20,24)/t13-,15+/m1/s1. The van der Waals surface area contributed by atoms with E-state index in [1.807, 2.05) is 31.2 Å². The van der Waals surface area contributed by atoms with Crippen molar-refractivity contribution >= 4 is 17.7 Å². The number of benzene rings is 1. The number of nitrogen functional groups attached to an aromatic ring is 1. The highest BCUT2D eigenvalue weighted by atomic mass is 32.2. The van der Waals surface area contributed by atoms with Gasteiger partial charge in [0.25, 0.3) is 0 Å². The lowest BCUT2D eigenvalue weighted by molar-refractivity contribution is -0.119. The van der Waals surface area contributed by atoms with Gasteiger partial charge in [-0.05, 0) is 31.7 Å². The summed E-state index contributed by atoms with van der Waals surface area (Å²) < 4.78 is 1.45. The number of aryl methyl sites for hydroxylation is 1. The maximum absolute atomic E-state index is 12.2. The molecule has 0 aliphatic heterocycles. The van der Waals surface area contributed by atoms with Gasteiger partial charge >= 0.3 is 0 Å². The molecular formula is C18H25N5OS. The average molecular weight is 359 g/mol. The molecule has 7 heteroatoms. The molecule has 1 aliphatic rings. The molecule has 1 heterocycles. The maximum atomic E-state index is 12.2. The highest BCUT2D eigenvalue weighted by molar-refractivity contribution is 7.99. The molecular weight excluding hydrogens is 334 g/mol. The zero-order chi connectivity index (χ0) is 17.8. The predicted octanol–water partition coefficient (Wildman–Crippen LogP) is 2.75. The Morgan fingerprint density at radius 2 is 2.16 bits per heavy atom. The fourth-order valence-corrected chi connectivity index (χ4v) is 3.93. The molecule has 0 bridgehead atoms. The summed E-state index contributed by atoms with van der Waals surface area (Å²) in [7, 11) is 0. The molecule has 1 aromatic heterocycles. The fraction of sp³-hybridized carbons (Fsp3) is 0.500. The topological polar surface area (TPSA) is 85.8 Å². The summed E-state index contributed by atoms with van der Waals surface area (Å²) in [5, 5.41) is 12.0. The van der Waals surface area contributed by atoms with Crippen LogP contribution in [0.3, 0.4) is 0 Å². The molecule has 6 nitrogen and oxygen atoms in total. The number of amides is 1. The van der Waals surface area contributed by atoms with Crippen molar-refractivity contribution in [3.8, 4) is 11.4 Å². The van der Waals surface area contributed by atoms with Gasteiger partial charge < -0.3 is 11.2 Å². The Bertz CT molecular complexity index is 745. The van der Waals surface area contributed by atoms with E-state index >= 15 is 0 Å². The SMILES string of the molecule is Cc1cccc(-c2nnc(SCC(=O)N[C@H]3CCCC[C@H]3C)n2N)c1. The first-order valence-electron chi connectivity index (χ1n) is 8.74. The third-order valence-electron chi connectivity index (χ3n) is 4.73. The van der Waals surface area contributed by atoms with Gasteiger partial charge in [-0.1, -0.05) is 55.3 Å². The molecule has 25 heavy (non-hydrogen) atoms. The first-order chi connectivity index (χ1) is 12.0. The third-order valence-corrected chi connectivity index (χ3v) is 5.67. The maximum Gasteiger partial charge on any atom is 0.230 e. The van der Waals surface area contributed by atoms with E-state index in [1.54, 1.807) is 0 Å². The van der Waals surface area contributed by atoms with Crippen LogP contribution < -0.4 is 11.2 Å². The number of nitrogens with zero attached hydrogens (tertiary/aromatic N) is 3. The Hall–Kier alpha value is -2.02. The van der Waals surface area contributed by atoms with Gasteiger partial charge in [-0.15, -0.1) is 10.2 Å². The second-order valence-corrected chi connectivity index (χ2v) is 7.71. The van der Waals surface area contributed by atoms with Gasteiger partial charge in [0.05, 0.1) is 5.75 Å². The van der Waals surface area contributed by atoms with Crippen LogP contribution in [-0.4, -0.2) is 32.6 Å². The Labute approximate surface area is 152 Å². The third kappa shape index (κ3) is 4.34. The molecule has 2 atom stereocenters. The van der Waals surface area contributed by atoms with Crippen LogP contribution in [0.25, 0.3) is 11.4 Å². The van der Waals surface area contributed by atoms with Gasteiger partial charge in [0.2, 0.25) is 11.1 Å². The lowest BCUT2D eigenvalue weighted by Crippen LogP contribution is -2.41. The lowest BCUT2D eigenvalue weighted by atomic mass is 9.86. The molecule has 1 aromatic carbocycles. The van der Waals surface area contributed by atoms with Crippen LogP contribution in [0, 0.1) is 12.8 Å². The molecule has 3 rings (SSSR count). The molecule has 0 spiro atoms. The van der Waals surface area contributed by atoms with Gasteiger partial charge in [0, 0.05) is 11.6 Å². The van der Waals surface area contributed by atoms with Crippen LogP contribution >= 0.6 is 11.8 Å². The highest BCUT2D eigenvalue weighted by Gasteiger charge is 2.23. The second kappa shape index (κ2) is 7.91. The normalized spacial score (nSPS) is 20.4. The van der Waals surface area contributed by atoms with Crippen LogP contribution in [0.1, 0.15) is 38.2 Å². The Morgan fingerprint density at radius 1 is 1.36 bits per heavy atom. The van der Waals surface area contributed by atoms with Crippen molar-refractivity contribution < 1.29 is 4.79 Å². The summed E-state index contributed by atoms with van der Waals surface area (Å²) in [4.78, 5) is 12.2. The van der Waals surface area contributed by atoms with Gasteiger partial charge in [0.15, 0.2) is 5.82 Å². The Balaban J connectivity index is 1.59. The smallest absolute Gasteiger partial charge is 0.230 e. The number of thioether (sulfide) groups is 1. The highest BCUT2D eigenvalue weighted by Crippen LogP contribution is 2.25. The van der Waals surface area contributed by atoms with Gasteiger partial charge in [-0.3, -0.25) is 4.79 Å². The van der Waals surface area contributed by atoms with Crippen molar-refractivity contribution in [1.29, 1.82) is 0 Å². The summed E-state index contributed by atoms with van der Waals surface area (Å²) in [5.41, 5.74) is 2.05. The molecule has 134 valence electrons. The first-order valence-corrected chi connectivity index (χ1v) is 9.73. The summed E-state index contributed by atoms with van der Waals surface area (Å²) in [6, 6.07) is 8.24. The number of nitrogens with two attached hydrogens (primary N) is 1. The van der Waals surface area contributed by atoms with Crippen molar-refractivity contribution in [1.82, 2.24) is 20.2 Å². The minimum Gasteiger partial charge on any atom is -0.352 e. The van der Waals surface area contributed by atoms with Crippen molar-refractivity contribution in [3.05, 3.63) is 29.8 Å². The summed E-state index contributed by atoms with van der Waals surface area (Å²) in [6.45, 7) is 4.23. The molecule has 1 fully saturated rings. The molecule has 1 amide bonds. The van der Waals surface area contributed by atoms with Crippen molar-refractivity contribution in [2.24, 2.45) is 5.92 Å². The summed E-state index contributed by atoms with van der Waals surface area (Å²) in [6.07, 6.45) is 4.72. The van der Waals surface area contributed by atoms with E-state index in [9.17, 15) is 4.79 Å². The summed E-state index contributed by atoms with van der Waals surface area (Å²) in [5.74, 6) is 7.60. The molecule has 1 saturated carbocycles. The van der Waals surface area contributed by atoms with E-state index in [4.69, 9.17) is 5.84 Å². The predicted molar refractivity (Wildman–Crippen MR) is 101 cm³/mol. The monoisotopic (exact) mass is 359 g/mol. The molecule has 1 aliphatic carbocycles. The van der Waals surface area contributed by atoms with Crippen LogP contribution in [0.15, 0.2) is 29.4 Å². The van der Waals surface area contributed by atoms with Crippen LogP contribution in [-0.2, 0) is 4.79 Å². The molecule has 0 unspecified atom stereocenters. The van der Waals surface area contributed by atoms with Gasteiger partial charge in [-0.25, -0.2) is 4.68 Å². The van der Waals surface area contributed by atoms with Crippen molar-refractivity contribution in [2.45, 2.75) is 50.7 Å². The van der Waals surface area contributed by atoms with E-state index in [-0.39, 0.29) is 5.91 Å². The first kappa shape index (κ1) is 17.8. The number of aromatic nitrogens is 3. The molecule has 0 saturated heterocycles. The van der Waals surface area contributed by atoms with Crippen LogP contribution in [0.2, 0.25) is 0 Å². The minimum atomic E-state index is 0.0313. The summed E-state index contributed by atoms with van der Waals surface area (Å²) >= 11 is 1.32. The van der Waals surface area contributed by atoms with E-state index in [0.717, 1.165) is 17.5 Å². The fourth-order valence-electron chi connectivity index (χ4n) is 3.27. The average Bonchev–Trinajstić information content (AvgIpc) is 2.96. The number of carbonyl (C=O) groups is 1. The van der Waals surface area contributed by atoms with Crippen molar-refractivity contribution in [3.63, 3.8) is 0 Å². The number of hydrogen-bond acceptors (Lipinski definition) is 5. The number of carbonyl (C=O) groups excluding carboxylic acids is 1. The Kier molecular flexibility index (Phi) is 5.63. The molecule has 0 radical (unpaired) electrons. The molecule has 2 aromatic rings. The van der Waals surface area contributed by atoms with Crippen molar-refractivity contribution in [2.75, 3.05) is 11.6 Å². The van der Waals surface area contributed by atoms with E-state index in [1.165, 1.54) is 35.7 Å². The van der Waals surface area contributed by atoms with E-state index < -0.39 is 0 Å². The minimum absolute atomic E-state index is 0.0313. The zero-order valence-electron chi connectivity index (χ0n) is 14.7. The second-order valence-electron chi connectivity index (χ2n) is 6.77. The number of hydrogen-bond donors (Lipinski definition) is 2. The lowest BCUT2D eigenvalue weighted by Gasteiger charge is -2.29. The van der Waals surface area contributed by atoms with Crippen LogP contribution in [0.4, 0.5) is 0 Å². The quantitative estimate of drug-likeness (QED) is 0.633. The van der Waals surface area contributed by atoms with Crippen LogP contribution in [0.5, 0.6) is 0 Å². The number of nitrogens with one attached hydrogen (secondary N) is 1.